The molecular formula is C18H16ClNO4. The summed E-state index contributed by atoms with van der Waals surface area (Å²) >= 11 is 6.19. The maximum Gasteiger partial charge on any atom is 0.339 e. The van der Waals surface area contributed by atoms with Gasteiger partial charge in [0.05, 0.1) is 17.8 Å². The lowest BCUT2D eigenvalue weighted by molar-refractivity contribution is -0.117. The van der Waals surface area contributed by atoms with Crippen molar-refractivity contribution < 1.29 is 19.4 Å². The van der Waals surface area contributed by atoms with Crippen LogP contribution in [0.2, 0.25) is 5.02 Å². The second-order valence-corrected chi connectivity index (χ2v) is 6.03. The Hall–Kier alpha value is -2.53. The lowest BCUT2D eigenvalue weighted by Crippen LogP contribution is -2.24. The Kier molecular flexibility index (Phi) is 4.44. The molecule has 5 nitrogen and oxygen atoms in total. The summed E-state index contributed by atoms with van der Waals surface area (Å²) in [6.45, 7) is 0.498. The first-order valence-corrected chi connectivity index (χ1v) is 7.85. The highest BCUT2D eigenvalue weighted by Gasteiger charge is 2.33. The van der Waals surface area contributed by atoms with E-state index in [1.165, 1.54) is 13.2 Å². The third-order valence-electron chi connectivity index (χ3n) is 4.20. The number of anilines is 1. The Labute approximate surface area is 144 Å². The Morgan fingerprint density at radius 3 is 2.71 bits per heavy atom. The predicted molar refractivity (Wildman–Crippen MR) is 91.1 cm³/mol. The molecule has 1 amide bonds. The number of carboxylic acids is 1. The topological polar surface area (TPSA) is 66.8 Å². The third kappa shape index (κ3) is 2.95. The van der Waals surface area contributed by atoms with Gasteiger partial charge in [0.1, 0.15) is 11.3 Å². The van der Waals surface area contributed by atoms with Crippen molar-refractivity contribution in [2.45, 2.75) is 12.3 Å². The fraction of sp³-hybridized carbons (Fsp3) is 0.222. The van der Waals surface area contributed by atoms with Crippen molar-refractivity contribution in [3.63, 3.8) is 0 Å². The van der Waals surface area contributed by atoms with Crippen molar-refractivity contribution in [1.29, 1.82) is 0 Å². The largest absolute Gasteiger partial charge is 0.496 e. The summed E-state index contributed by atoms with van der Waals surface area (Å²) in [5.74, 6) is -0.790. The molecule has 0 aliphatic carbocycles. The Morgan fingerprint density at radius 2 is 2.04 bits per heavy atom. The molecular weight excluding hydrogens is 330 g/mol. The molecule has 1 N–H and O–H groups in total. The van der Waals surface area contributed by atoms with E-state index in [9.17, 15) is 9.59 Å². The van der Waals surface area contributed by atoms with E-state index in [1.54, 1.807) is 23.1 Å². The van der Waals surface area contributed by atoms with Gasteiger partial charge in [0.2, 0.25) is 5.91 Å². The molecule has 0 saturated carbocycles. The van der Waals surface area contributed by atoms with Crippen molar-refractivity contribution in [1.82, 2.24) is 0 Å². The summed E-state index contributed by atoms with van der Waals surface area (Å²) < 4.78 is 5.16. The molecule has 2 aromatic carbocycles. The number of halogens is 1. The van der Waals surface area contributed by atoms with Crippen LogP contribution in [0.1, 0.15) is 28.3 Å². The molecule has 6 heteroatoms. The standard InChI is InChI=1S/C18H16ClNO4/c1-24-16-8-11(6-7-13(16)18(22)23)12-9-17(21)20(10-12)15-5-3-2-4-14(15)19/h2-8,12H,9-10H2,1H3,(H,22,23). The number of nitrogens with zero attached hydrogens (tertiary/aromatic N) is 1. The Morgan fingerprint density at radius 1 is 1.29 bits per heavy atom. The number of hydrogen-bond donors (Lipinski definition) is 1. The molecule has 2 aromatic rings. The van der Waals surface area contributed by atoms with Gasteiger partial charge in [-0.05, 0) is 29.8 Å². The molecule has 1 aliphatic heterocycles. The Balaban J connectivity index is 1.89. The number of carbonyl (C=O) groups is 2. The van der Waals surface area contributed by atoms with Crippen molar-refractivity contribution in [3.05, 3.63) is 58.6 Å². The number of para-hydroxylation sites is 1. The third-order valence-corrected chi connectivity index (χ3v) is 4.52. The van der Waals surface area contributed by atoms with E-state index < -0.39 is 5.97 Å². The van der Waals surface area contributed by atoms with Gasteiger partial charge in [0, 0.05) is 18.9 Å². The quantitative estimate of drug-likeness (QED) is 0.920. The average molecular weight is 346 g/mol. The maximum absolute atomic E-state index is 12.4. The fourth-order valence-electron chi connectivity index (χ4n) is 2.97. The van der Waals surface area contributed by atoms with E-state index in [-0.39, 0.29) is 17.4 Å². The van der Waals surface area contributed by atoms with E-state index >= 15 is 0 Å². The number of methoxy groups -OCH3 is 1. The van der Waals surface area contributed by atoms with Crippen LogP contribution >= 0.6 is 11.6 Å². The summed E-state index contributed by atoms with van der Waals surface area (Å²) in [6.07, 6.45) is 0.348. The van der Waals surface area contributed by atoms with Crippen LogP contribution in [-0.2, 0) is 4.79 Å². The molecule has 0 radical (unpaired) electrons. The van der Waals surface area contributed by atoms with Crippen LogP contribution < -0.4 is 9.64 Å². The normalized spacial score (nSPS) is 17.2. The summed E-state index contributed by atoms with van der Waals surface area (Å²) in [7, 11) is 1.43. The van der Waals surface area contributed by atoms with Crippen molar-refractivity contribution in [3.8, 4) is 5.75 Å². The minimum Gasteiger partial charge on any atom is -0.496 e. The van der Waals surface area contributed by atoms with Crippen LogP contribution in [0.3, 0.4) is 0 Å². The van der Waals surface area contributed by atoms with Crippen molar-refractivity contribution in [2.75, 3.05) is 18.6 Å². The van der Waals surface area contributed by atoms with Crippen LogP contribution in [0.4, 0.5) is 5.69 Å². The number of hydrogen-bond acceptors (Lipinski definition) is 3. The van der Waals surface area contributed by atoms with E-state index in [4.69, 9.17) is 21.4 Å². The summed E-state index contributed by atoms with van der Waals surface area (Å²) in [6, 6.07) is 12.2. The number of amides is 1. The highest BCUT2D eigenvalue weighted by molar-refractivity contribution is 6.33. The molecule has 0 aromatic heterocycles. The van der Waals surface area contributed by atoms with Gasteiger partial charge in [-0.2, -0.15) is 0 Å². The molecule has 1 atom stereocenters. The van der Waals surface area contributed by atoms with E-state index in [1.807, 2.05) is 18.2 Å². The van der Waals surface area contributed by atoms with Crippen LogP contribution in [0.15, 0.2) is 42.5 Å². The predicted octanol–water partition coefficient (Wildman–Crippen LogP) is 3.57. The van der Waals surface area contributed by atoms with Crippen LogP contribution in [0.5, 0.6) is 5.75 Å². The van der Waals surface area contributed by atoms with Crippen LogP contribution in [0.25, 0.3) is 0 Å². The van der Waals surface area contributed by atoms with Crippen molar-refractivity contribution >= 4 is 29.2 Å². The first-order chi connectivity index (χ1) is 11.5. The smallest absolute Gasteiger partial charge is 0.339 e. The lowest BCUT2D eigenvalue weighted by Gasteiger charge is -2.18. The van der Waals surface area contributed by atoms with E-state index in [2.05, 4.69) is 0 Å². The maximum atomic E-state index is 12.4. The molecule has 0 spiro atoms. The highest BCUT2D eigenvalue weighted by atomic mass is 35.5. The zero-order valence-electron chi connectivity index (χ0n) is 13.0. The van der Waals surface area contributed by atoms with E-state index in [0.29, 0.717) is 29.4 Å². The molecule has 1 heterocycles. The summed E-state index contributed by atoms with van der Waals surface area (Å²) in [4.78, 5) is 25.2. The lowest BCUT2D eigenvalue weighted by atomic mass is 9.96. The fourth-order valence-corrected chi connectivity index (χ4v) is 3.21. The van der Waals surface area contributed by atoms with Gasteiger partial charge in [-0.1, -0.05) is 29.8 Å². The first-order valence-electron chi connectivity index (χ1n) is 7.47. The zero-order chi connectivity index (χ0) is 17.3. The highest BCUT2D eigenvalue weighted by Crippen LogP contribution is 2.36. The van der Waals surface area contributed by atoms with Gasteiger partial charge in [-0.15, -0.1) is 0 Å². The van der Waals surface area contributed by atoms with Gasteiger partial charge in [-0.3, -0.25) is 4.79 Å². The van der Waals surface area contributed by atoms with Gasteiger partial charge < -0.3 is 14.7 Å². The molecule has 1 unspecified atom stereocenters. The second kappa shape index (κ2) is 6.53. The summed E-state index contributed by atoms with van der Waals surface area (Å²) in [5.41, 5.74) is 1.68. The number of rotatable bonds is 4. The van der Waals surface area contributed by atoms with Crippen molar-refractivity contribution in [2.24, 2.45) is 0 Å². The molecule has 124 valence electrons. The van der Waals surface area contributed by atoms with Gasteiger partial charge in [0.25, 0.3) is 0 Å². The molecule has 1 aliphatic rings. The first kappa shape index (κ1) is 16.3. The minimum atomic E-state index is -1.04. The SMILES string of the molecule is COc1cc(C2CC(=O)N(c3ccccc3Cl)C2)ccc1C(=O)O. The van der Waals surface area contributed by atoms with Crippen LogP contribution in [-0.4, -0.2) is 30.6 Å². The van der Waals surface area contributed by atoms with Gasteiger partial charge in [-0.25, -0.2) is 4.79 Å². The molecule has 1 fully saturated rings. The monoisotopic (exact) mass is 345 g/mol. The van der Waals surface area contributed by atoms with Gasteiger partial charge >= 0.3 is 5.97 Å². The number of ether oxygens (including phenoxy) is 1. The minimum absolute atomic E-state index is 0.00521. The average Bonchev–Trinajstić information content (AvgIpc) is 2.96. The molecule has 0 bridgehead atoms. The molecule has 3 rings (SSSR count). The Bertz CT molecular complexity index is 805. The molecule has 1 saturated heterocycles. The number of carboxylic acid groups (broad SMARTS) is 1. The van der Waals surface area contributed by atoms with Gasteiger partial charge in [0.15, 0.2) is 0 Å². The zero-order valence-corrected chi connectivity index (χ0v) is 13.8. The summed E-state index contributed by atoms with van der Waals surface area (Å²) in [5, 5.41) is 9.69. The molecule has 24 heavy (non-hydrogen) atoms. The number of benzene rings is 2. The van der Waals surface area contributed by atoms with E-state index in [0.717, 1.165) is 5.56 Å². The van der Waals surface area contributed by atoms with Crippen LogP contribution in [0, 0.1) is 0 Å². The number of aromatic carboxylic acids is 1. The second-order valence-electron chi connectivity index (χ2n) is 5.62. The number of carbonyl (C=O) groups excluding carboxylic acids is 1.